The maximum absolute atomic E-state index is 12.8. The van der Waals surface area contributed by atoms with Crippen molar-refractivity contribution in [3.8, 4) is 11.3 Å². The van der Waals surface area contributed by atoms with Crippen LogP contribution in [0.5, 0.6) is 0 Å². The van der Waals surface area contributed by atoms with Crippen molar-refractivity contribution < 1.29 is 14.7 Å². The van der Waals surface area contributed by atoms with E-state index < -0.39 is 5.97 Å². The van der Waals surface area contributed by atoms with E-state index in [0.29, 0.717) is 18.0 Å². The van der Waals surface area contributed by atoms with Gasteiger partial charge in [-0.2, -0.15) is 0 Å². The first-order valence-corrected chi connectivity index (χ1v) is 14.0. The molecule has 1 saturated carbocycles. The molecule has 0 bridgehead atoms. The Morgan fingerprint density at radius 1 is 0.921 bits per heavy atom. The molecule has 3 aromatic carbocycles. The summed E-state index contributed by atoms with van der Waals surface area (Å²) in [4.78, 5) is 30.8. The molecule has 1 aromatic heterocycles. The summed E-state index contributed by atoms with van der Waals surface area (Å²) in [5, 5.41) is 15.0. The lowest BCUT2D eigenvalue weighted by molar-refractivity contribution is 0.0696. The standard InChI is InChI=1S/C31H31N3O3S/c1-2-34(27-18-14-25(15-19-27)30(36)37)31-33-28(20-38-31)23-12-16-26(17-13-23)32-29(35)24-10-8-22(9-11-24)21-6-4-3-5-7-21/h8-21H,2-7H2,1H3,(H,32,35)(H,36,37). The van der Waals surface area contributed by atoms with Crippen LogP contribution in [0.1, 0.15) is 71.2 Å². The van der Waals surface area contributed by atoms with Crippen molar-refractivity contribution in [2.45, 2.75) is 44.9 Å². The molecule has 0 atom stereocenters. The van der Waals surface area contributed by atoms with Crippen LogP contribution in [0.3, 0.4) is 0 Å². The molecule has 1 aliphatic carbocycles. The van der Waals surface area contributed by atoms with Gasteiger partial charge < -0.3 is 15.3 Å². The number of carbonyl (C=O) groups excluding carboxylic acids is 1. The predicted molar refractivity (Wildman–Crippen MR) is 154 cm³/mol. The second-order valence-electron chi connectivity index (χ2n) is 9.60. The van der Waals surface area contributed by atoms with E-state index in [4.69, 9.17) is 10.1 Å². The molecule has 7 heteroatoms. The molecule has 0 radical (unpaired) electrons. The van der Waals surface area contributed by atoms with Gasteiger partial charge >= 0.3 is 5.97 Å². The van der Waals surface area contributed by atoms with Gasteiger partial charge in [0, 0.05) is 34.4 Å². The Hall–Kier alpha value is -3.97. The second-order valence-corrected chi connectivity index (χ2v) is 10.4. The number of aromatic nitrogens is 1. The monoisotopic (exact) mass is 525 g/mol. The number of carboxylic acid groups (broad SMARTS) is 1. The van der Waals surface area contributed by atoms with Crippen LogP contribution in [0.15, 0.2) is 78.2 Å². The fourth-order valence-corrected chi connectivity index (χ4v) is 5.92. The molecule has 0 spiro atoms. The first-order chi connectivity index (χ1) is 18.5. The van der Waals surface area contributed by atoms with Crippen molar-refractivity contribution in [1.82, 2.24) is 4.98 Å². The Morgan fingerprint density at radius 3 is 2.21 bits per heavy atom. The van der Waals surface area contributed by atoms with Crippen LogP contribution in [0.4, 0.5) is 16.5 Å². The fourth-order valence-electron chi connectivity index (χ4n) is 5.00. The molecular weight excluding hydrogens is 494 g/mol. The van der Waals surface area contributed by atoms with E-state index in [-0.39, 0.29) is 11.5 Å². The van der Waals surface area contributed by atoms with Crippen LogP contribution in [-0.2, 0) is 0 Å². The number of hydrogen-bond acceptors (Lipinski definition) is 5. The highest BCUT2D eigenvalue weighted by atomic mass is 32.1. The molecule has 0 unspecified atom stereocenters. The van der Waals surface area contributed by atoms with E-state index in [1.807, 2.05) is 53.6 Å². The zero-order valence-corrected chi connectivity index (χ0v) is 22.2. The third-order valence-corrected chi connectivity index (χ3v) is 8.02. The summed E-state index contributed by atoms with van der Waals surface area (Å²) < 4.78 is 0. The first kappa shape index (κ1) is 25.7. The number of rotatable bonds is 8. The molecule has 1 amide bonds. The molecular formula is C31H31N3O3S. The summed E-state index contributed by atoms with van der Waals surface area (Å²) in [5.74, 6) is -0.429. The number of carbonyl (C=O) groups is 2. The lowest BCUT2D eigenvalue weighted by Gasteiger charge is -2.22. The Morgan fingerprint density at radius 2 is 1.58 bits per heavy atom. The van der Waals surface area contributed by atoms with Gasteiger partial charge in [-0.05, 0) is 79.8 Å². The van der Waals surface area contributed by atoms with E-state index >= 15 is 0 Å². The normalized spacial score (nSPS) is 13.7. The van der Waals surface area contributed by atoms with Gasteiger partial charge in [-0.1, -0.05) is 43.5 Å². The van der Waals surface area contributed by atoms with E-state index in [2.05, 4.69) is 17.4 Å². The molecule has 1 aliphatic rings. The second kappa shape index (κ2) is 11.6. The van der Waals surface area contributed by atoms with E-state index in [1.54, 1.807) is 24.3 Å². The summed E-state index contributed by atoms with van der Waals surface area (Å²) in [7, 11) is 0. The number of thiazole rings is 1. The van der Waals surface area contributed by atoms with Crippen molar-refractivity contribution in [3.63, 3.8) is 0 Å². The maximum atomic E-state index is 12.8. The Balaban J connectivity index is 1.23. The quantitative estimate of drug-likeness (QED) is 0.244. The zero-order chi connectivity index (χ0) is 26.5. The number of aromatic carboxylic acids is 1. The van der Waals surface area contributed by atoms with E-state index in [0.717, 1.165) is 27.8 Å². The number of nitrogens with one attached hydrogen (secondary N) is 1. The lowest BCUT2D eigenvalue weighted by atomic mass is 9.84. The van der Waals surface area contributed by atoms with Crippen LogP contribution < -0.4 is 10.2 Å². The van der Waals surface area contributed by atoms with Gasteiger partial charge in [-0.25, -0.2) is 9.78 Å². The van der Waals surface area contributed by atoms with Crippen LogP contribution in [-0.4, -0.2) is 28.5 Å². The summed E-state index contributed by atoms with van der Waals surface area (Å²) in [6.07, 6.45) is 6.42. The lowest BCUT2D eigenvalue weighted by Crippen LogP contribution is -2.15. The zero-order valence-electron chi connectivity index (χ0n) is 21.4. The van der Waals surface area contributed by atoms with Crippen molar-refractivity contribution in [3.05, 3.63) is 94.9 Å². The van der Waals surface area contributed by atoms with Crippen molar-refractivity contribution in [2.24, 2.45) is 0 Å². The Labute approximate surface area is 227 Å². The number of benzene rings is 3. The SMILES string of the molecule is CCN(c1ccc(C(=O)O)cc1)c1nc(-c2ccc(NC(=O)c3ccc(C4CCCCC4)cc3)cc2)cs1. The van der Waals surface area contributed by atoms with Gasteiger partial charge in [-0.15, -0.1) is 11.3 Å². The third-order valence-electron chi connectivity index (χ3n) is 7.15. The summed E-state index contributed by atoms with van der Waals surface area (Å²) in [6.45, 7) is 2.74. The van der Waals surface area contributed by atoms with Crippen LogP contribution in [0, 0.1) is 0 Å². The molecule has 194 valence electrons. The molecule has 38 heavy (non-hydrogen) atoms. The van der Waals surface area contributed by atoms with Crippen LogP contribution in [0.2, 0.25) is 0 Å². The first-order valence-electron chi connectivity index (χ1n) is 13.1. The number of nitrogens with zero attached hydrogens (tertiary/aromatic N) is 2. The summed E-state index contributed by atoms with van der Waals surface area (Å²) in [5.41, 5.74) is 5.69. The highest BCUT2D eigenvalue weighted by Gasteiger charge is 2.17. The molecule has 1 fully saturated rings. The Bertz CT molecular complexity index is 1390. The predicted octanol–water partition coefficient (Wildman–Crippen LogP) is 7.97. The van der Waals surface area contributed by atoms with E-state index in [1.165, 1.54) is 49.0 Å². The molecule has 6 nitrogen and oxygen atoms in total. The third kappa shape index (κ3) is 5.78. The van der Waals surface area contributed by atoms with Gasteiger partial charge in [0.15, 0.2) is 5.13 Å². The minimum Gasteiger partial charge on any atom is -0.478 e. The summed E-state index contributed by atoms with van der Waals surface area (Å²) >= 11 is 1.53. The average molecular weight is 526 g/mol. The van der Waals surface area contributed by atoms with Gasteiger partial charge in [0.05, 0.1) is 11.3 Å². The van der Waals surface area contributed by atoms with Crippen molar-refractivity contribution in [1.29, 1.82) is 0 Å². The van der Waals surface area contributed by atoms with Crippen molar-refractivity contribution in [2.75, 3.05) is 16.8 Å². The molecule has 2 N–H and O–H groups in total. The van der Waals surface area contributed by atoms with Crippen LogP contribution in [0.25, 0.3) is 11.3 Å². The fraction of sp³-hybridized carbons (Fsp3) is 0.258. The average Bonchev–Trinajstić information content (AvgIpc) is 3.44. The largest absolute Gasteiger partial charge is 0.478 e. The minimum atomic E-state index is -0.941. The molecule has 5 rings (SSSR count). The topological polar surface area (TPSA) is 82.5 Å². The van der Waals surface area contributed by atoms with Gasteiger partial charge in [-0.3, -0.25) is 4.79 Å². The minimum absolute atomic E-state index is 0.114. The number of carboxylic acids is 1. The smallest absolute Gasteiger partial charge is 0.335 e. The highest BCUT2D eigenvalue weighted by molar-refractivity contribution is 7.14. The van der Waals surface area contributed by atoms with Crippen LogP contribution >= 0.6 is 11.3 Å². The van der Waals surface area contributed by atoms with E-state index in [9.17, 15) is 9.59 Å². The molecule has 0 aliphatic heterocycles. The number of amides is 1. The molecule has 4 aromatic rings. The number of anilines is 3. The van der Waals surface area contributed by atoms with Crippen molar-refractivity contribution >= 4 is 39.7 Å². The van der Waals surface area contributed by atoms with Gasteiger partial charge in [0.25, 0.3) is 5.91 Å². The maximum Gasteiger partial charge on any atom is 0.335 e. The summed E-state index contributed by atoms with van der Waals surface area (Å²) in [6, 6.07) is 22.6. The Kier molecular flexibility index (Phi) is 7.84. The van der Waals surface area contributed by atoms with Gasteiger partial charge in [0.1, 0.15) is 0 Å². The highest BCUT2D eigenvalue weighted by Crippen LogP contribution is 2.34. The molecule has 1 heterocycles. The molecule has 0 saturated heterocycles. The number of hydrogen-bond donors (Lipinski definition) is 2. The van der Waals surface area contributed by atoms with Gasteiger partial charge in [0.2, 0.25) is 0 Å².